The molecular formula is C20H20ClN3O. The molecule has 4 nitrogen and oxygen atoms in total. The molecule has 0 radical (unpaired) electrons. The minimum Gasteiger partial charge on any atom is -0.374 e. The zero-order valence-corrected chi connectivity index (χ0v) is 14.9. The Bertz CT molecular complexity index is 841. The maximum atomic E-state index is 12.5. The van der Waals surface area contributed by atoms with Crippen LogP contribution in [-0.2, 0) is 17.6 Å². The first kappa shape index (κ1) is 17.3. The van der Waals surface area contributed by atoms with Gasteiger partial charge in [0, 0.05) is 11.4 Å². The van der Waals surface area contributed by atoms with Crippen molar-refractivity contribution >= 4 is 28.9 Å². The molecule has 0 unspecified atom stereocenters. The summed E-state index contributed by atoms with van der Waals surface area (Å²) in [7, 11) is 0. The molecule has 0 saturated heterocycles. The second kappa shape index (κ2) is 7.58. The van der Waals surface area contributed by atoms with Crippen molar-refractivity contribution in [2.45, 2.75) is 38.6 Å². The number of nitriles is 1. The van der Waals surface area contributed by atoms with Crippen LogP contribution in [0.5, 0.6) is 0 Å². The molecule has 0 bridgehead atoms. The van der Waals surface area contributed by atoms with Crippen LogP contribution in [0.3, 0.4) is 0 Å². The monoisotopic (exact) mass is 353 g/mol. The van der Waals surface area contributed by atoms with Gasteiger partial charge >= 0.3 is 0 Å². The summed E-state index contributed by atoms with van der Waals surface area (Å²) in [5.41, 5.74) is 4.72. The van der Waals surface area contributed by atoms with Gasteiger partial charge in [0.1, 0.15) is 12.1 Å². The SMILES string of the molecule is C[C@@H](Nc1cccc2c1CCCC2)C(=O)Nc1ccc(C#N)c(Cl)c1. The van der Waals surface area contributed by atoms with Crippen LogP contribution >= 0.6 is 11.6 Å². The Hall–Kier alpha value is -2.51. The lowest BCUT2D eigenvalue weighted by molar-refractivity contribution is -0.116. The van der Waals surface area contributed by atoms with Gasteiger partial charge in [-0.05, 0) is 68.0 Å². The fourth-order valence-electron chi connectivity index (χ4n) is 3.15. The van der Waals surface area contributed by atoms with Crippen LogP contribution in [0.25, 0.3) is 0 Å². The molecule has 5 heteroatoms. The van der Waals surface area contributed by atoms with E-state index in [0.717, 1.165) is 18.5 Å². The van der Waals surface area contributed by atoms with E-state index in [1.54, 1.807) is 18.2 Å². The minimum absolute atomic E-state index is 0.144. The van der Waals surface area contributed by atoms with Crippen LogP contribution in [0.15, 0.2) is 36.4 Å². The van der Waals surface area contributed by atoms with Gasteiger partial charge in [-0.25, -0.2) is 0 Å². The van der Waals surface area contributed by atoms with E-state index in [1.807, 2.05) is 25.1 Å². The molecule has 25 heavy (non-hydrogen) atoms. The van der Waals surface area contributed by atoms with Gasteiger partial charge in [0.25, 0.3) is 0 Å². The van der Waals surface area contributed by atoms with Gasteiger partial charge in [-0.1, -0.05) is 23.7 Å². The number of carbonyl (C=O) groups excluding carboxylic acids is 1. The standard InChI is InChI=1S/C20H20ClN3O/c1-13(20(25)24-16-10-9-15(12-22)18(21)11-16)23-19-8-4-6-14-5-2-3-7-17(14)19/h4,6,8-11,13,23H,2-3,5,7H2,1H3,(H,24,25)/t13-/m1/s1. The van der Waals surface area contributed by atoms with Crippen molar-refractivity contribution in [3.63, 3.8) is 0 Å². The van der Waals surface area contributed by atoms with E-state index in [4.69, 9.17) is 16.9 Å². The number of nitrogens with zero attached hydrogens (tertiary/aromatic N) is 1. The number of anilines is 2. The summed E-state index contributed by atoms with van der Waals surface area (Å²) in [6.07, 6.45) is 4.58. The molecule has 0 fully saturated rings. The van der Waals surface area contributed by atoms with E-state index in [9.17, 15) is 4.79 Å². The quantitative estimate of drug-likeness (QED) is 0.848. The number of hydrogen-bond donors (Lipinski definition) is 2. The lowest BCUT2D eigenvalue weighted by Crippen LogP contribution is -2.32. The number of amides is 1. The average Bonchev–Trinajstić information content (AvgIpc) is 2.62. The van der Waals surface area contributed by atoms with Gasteiger partial charge in [-0.2, -0.15) is 5.26 Å². The van der Waals surface area contributed by atoms with Gasteiger partial charge in [0.2, 0.25) is 5.91 Å². The van der Waals surface area contributed by atoms with E-state index >= 15 is 0 Å². The third-order valence-corrected chi connectivity index (χ3v) is 4.83. The normalized spacial score (nSPS) is 14.1. The number of carbonyl (C=O) groups is 1. The Morgan fingerprint density at radius 2 is 2.04 bits per heavy atom. The van der Waals surface area contributed by atoms with Crippen molar-refractivity contribution in [1.82, 2.24) is 0 Å². The summed E-state index contributed by atoms with van der Waals surface area (Å²) >= 11 is 6.01. The smallest absolute Gasteiger partial charge is 0.246 e. The Kier molecular flexibility index (Phi) is 5.25. The fourth-order valence-corrected chi connectivity index (χ4v) is 3.37. The maximum absolute atomic E-state index is 12.5. The molecule has 0 aliphatic heterocycles. The number of benzene rings is 2. The van der Waals surface area contributed by atoms with Crippen LogP contribution in [0.4, 0.5) is 11.4 Å². The first-order valence-corrected chi connectivity index (χ1v) is 8.84. The van der Waals surface area contributed by atoms with Crippen LogP contribution in [-0.4, -0.2) is 11.9 Å². The van der Waals surface area contributed by atoms with Crippen LogP contribution in [0.1, 0.15) is 36.5 Å². The number of fused-ring (bicyclic) bond motifs is 1. The zero-order valence-electron chi connectivity index (χ0n) is 14.1. The summed E-state index contributed by atoms with van der Waals surface area (Å²) in [5, 5.41) is 15.4. The Labute approximate surface area is 152 Å². The first-order valence-electron chi connectivity index (χ1n) is 8.46. The van der Waals surface area contributed by atoms with Gasteiger partial charge in [-0.15, -0.1) is 0 Å². The Morgan fingerprint density at radius 1 is 1.24 bits per heavy atom. The van der Waals surface area contributed by atoms with Gasteiger partial charge < -0.3 is 10.6 Å². The van der Waals surface area contributed by atoms with E-state index in [-0.39, 0.29) is 11.9 Å². The van der Waals surface area contributed by atoms with E-state index in [0.29, 0.717) is 16.3 Å². The van der Waals surface area contributed by atoms with Gasteiger partial charge in [0.05, 0.1) is 10.6 Å². The summed E-state index contributed by atoms with van der Waals surface area (Å²) in [5.74, 6) is -0.144. The highest BCUT2D eigenvalue weighted by Gasteiger charge is 2.18. The lowest BCUT2D eigenvalue weighted by atomic mass is 9.90. The minimum atomic E-state index is -0.386. The van der Waals surface area contributed by atoms with Gasteiger partial charge in [-0.3, -0.25) is 4.79 Å². The Balaban J connectivity index is 1.69. The Morgan fingerprint density at radius 3 is 2.80 bits per heavy atom. The summed E-state index contributed by atoms with van der Waals surface area (Å²) in [6, 6.07) is 12.7. The number of aryl methyl sites for hydroxylation is 1. The molecule has 2 N–H and O–H groups in total. The highest BCUT2D eigenvalue weighted by Crippen LogP contribution is 2.28. The molecule has 0 aromatic heterocycles. The second-order valence-electron chi connectivity index (χ2n) is 6.31. The van der Waals surface area contributed by atoms with Crippen molar-refractivity contribution in [2.24, 2.45) is 0 Å². The highest BCUT2D eigenvalue weighted by molar-refractivity contribution is 6.32. The molecule has 1 aliphatic carbocycles. The first-order chi connectivity index (χ1) is 12.1. The lowest BCUT2D eigenvalue weighted by Gasteiger charge is -2.22. The third-order valence-electron chi connectivity index (χ3n) is 4.52. The van der Waals surface area contributed by atoms with Crippen LogP contribution in [0.2, 0.25) is 5.02 Å². The van der Waals surface area contributed by atoms with Crippen molar-refractivity contribution in [3.05, 3.63) is 58.1 Å². The predicted octanol–water partition coefficient (Wildman–Crippen LogP) is 4.53. The summed E-state index contributed by atoms with van der Waals surface area (Å²) in [4.78, 5) is 12.5. The van der Waals surface area contributed by atoms with Crippen molar-refractivity contribution < 1.29 is 4.79 Å². The molecule has 2 aromatic carbocycles. The van der Waals surface area contributed by atoms with Crippen molar-refractivity contribution in [1.29, 1.82) is 5.26 Å². The molecule has 1 atom stereocenters. The molecule has 0 heterocycles. The summed E-state index contributed by atoms with van der Waals surface area (Å²) in [6.45, 7) is 1.84. The van der Waals surface area contributed by atoms with E-state index in [2.05, 4.69) is 16.7 Å². The number of halogens is 1. The molecule has 2 aromatic rings. The van der Waals surface area contributed by atoms with Crippen molar-refractivity contribution in [3.8, 4) is 6.07 Å². The fraction of sp³-hybridized carbons (Fsp3) is 0.300. The summed E-state index contributed by atoms with van der Waals surface area (Å²) < 4.78 is 0. The molecule has 1 aliphatic rings. The van der Waals surface area contributed by atoms with Crippen LogP contribution in [0, 0.1) is 11.3 Å². The molecule has 128 valence electrons. The molecule has 3 rings (SSSR count). The van der Waals surface area contributed by atoms with Crippen molar-refractivity contribution in [2.75, 3.05) is 10.6 Å². The van der Waals surface area contributed by atoms with Gasteiger partial charge in [0.15, 0.2) is 0 Å². The largest absolute Gasteiger partial charge is 0.374 e. The zero-order chi connectivity index (χ0) is 17.8. The highest BCUT2D eigenvalue weighted by atomic mass is 35.5. The number of hydrogen-bond acceptors (Lipinski definition) is 3. The molecule has 1 amide bonds. The van der Waals surface area contributed by atoms with Crippen LogP contribution < -0.4 is 10.6 Å². The molecular weight excluding hydrogens is 334 g/mol. The van der Waals surface area contributed by atoms with E-state index < -0.39 is 0 Å². The van der Waals surface area contributed by atoms with E-state index in [1.165, 1.54) is 24.0 Å². The second-order valence-corrected chi connectivity index (χ2v) is 6.72. The number of rotatable bonds is 4. The molecule has 0 spiro atoms. The topological polar surface area (TPSA) is 64.9 Å². The molecule has 0 saturated carbocycles. The third kappa shape index (κ3) is 3.94. The number of nitrogens with one attached hydrogen (secondary N) is 2. The predicted molar refractivity (Wildman–Crippen MR) is 101 cm³/mol. The maximum Gasteiger partial charge on any atom is 0.246 e. The average molecular weight is 354 g/mol.